The molecule has 1 aromatic carbocycles. The van der Waals surface area contributed by atoms with E-state index in [1.165, 1.54) is 16.2 Å². The van der Waals surface area contributed by atoms with Gasteiger partial charge in [-0.3, -0.25) is 14.3 Å². The largest absolute Gasteiger partial charge is 0.480 e. The third-order valence-electron chi connectivity index (χ3n) is 4.10. The molecule has 0 aliphatic carbocycles. The summed E-state index contributed by atoms with van der Waals surface area (Å²) < 4.78 is 1.91. The lowest BCUT2D eigenvalue weighted by Crippen LogP contribution is -2.35. The third-order valence-corrected chi connectivity index (χ3v) is 5.24. The van der Waals surface area contributed by atoms with E-state index in [0.29, 0.717) is 24.4 Å². The van der Waals surface area contributed by atoms with Crippen molar-refractivity contribution in [1.82, 2.24) is 14.7 Å². The first-order valence-electron chi connectivity index (χ1n) is 8.51. The van der Waals surface area contributed by atoms with Gasteiger partial charge in [0.15, 0.2) is 0 Å². The van der Waals surface area contributed by atoms with Crippen molar-refractivity contribution in [2.45, 2.75) is 26.8 Å². The smallest absolute Gasteiger partial charge is 0.323 e. The van der Waals surface area contributed by atoms with E-state index in [2.05, 4.69) is 5.10 Å². The van der Waals surface area contributed by atoms with Crippen LogP contribution in [-0.4, -0.2) is 44.8 Å². The van der Waals surface area contributed by atoms with Crippen LogP contribution >= 0.6 is 11.3 Å². The molecule has 0 fully saturated rings. The molecule has 0 bridgehead atoms. The second-order valence-corrected chi connectivity index (χ2v) is 7.21. The van der Waals surface area contributed by atoms with Crippen molar-refractivity contribution in [3.05, 3.63) is 52.5 Å². The molecule has 0 spiro atoms. The number of hydrogen-bond donors (Lipinski definition) is 1. The number of aliphatic carboxylic acids is 1. The predicted molar refractivity (Wildman–Crippen MR) is 102 cm³/mol. The maximum atomic E-state index is 12.8. The zero-order chi connectivity index (χ0) is 18.7. The van der Waals surface area contributed by atoms with E-state index in [0.717, 1.165) is 21.5 Å². The van der Waals surface area contributed by atoms with Crippen molar-refractivity contribution in [3.63, 3.8) is 0 Å². The fourth-order valence-corrected chi connectivity index (χ4v) is 4.05. The summed E-state index contributed by atoms with van der Waals surface area (Å²) in [6.07, 6.45) is 0.713. The average Bonchev–Trinajstić information content (AvgIpc) is 3.16. The van der Waals surface area contributed by atoms with Gasteiger partial charge in [-0.25, -0.2) is 0 Å². The Balaban J connectivity index is 1.92. The first-order chi connectivity index (χ1) is 12.5. The molecule has 7 heteroatoms. The summed E-state index contributed by atoms with van der Waals surface area (Å²) in [6, 6.07) is 11.9. The lowest BCUT2D eigenvalue weighted by molar-refractivity contribution is -0.137. The van der Waals surface area contributed by atoms with E-state index in [1.807, 2.05) is 54.9 Å². The monoisotopic (exact) mass is 371 g/mol. The van der Waals surface area contributed by atoms with Gasteiger partial charge in [0, 0.05) is 11.9 Å². The fraction of sp³-hybridized carbons (Fsp3) is 0.316. The maximum Gasteiger partial charge on any atom is 0.323 e. The van der Waals surface area contributed by atoms with Crippen LogP contribution in [0.25, 0.3) is 10.2 Å². The van der Waals surface area contributed by atoms with Gasteiger partial charge in [-0.1, -0.05) is 37.3 Å². The molecule has 0 radical (unpaired) electrons. The molecule has 6 nitrogen and oxygen atoms in total. The molecule has 0 aliphatic heterocycles. The van der Waals surface area contributed by atoms with E-state index in [-0.39, 0.29) is 12.5 Å². The molecule has 0 saturated carbocycles. The molecule has 0 aliphatic rings. The highest BCUT2D eigenvalue weighted by atomic mass is 32.1. The maximum absolute atomic E-state index is 12.8. The molecule has 2 heterocycles. The average molecular weight is 371 g/mol. The molecule has 2 aromatic heterocycles. The molecule has 1 N–H and O–H groups in total. The van der Waals surface area contributed by atoms with E-state index < -0.39 is 5.97 Å². The number of carboxylic acid groups (broad SMARTS) is 1. The Morgan fingerprint density at radius 3 is 2.65 bits per heavy atom. The fourth-order valence-electron chi connectivity index (χ4n) is 2.92. The Hall–Kier alpha value is -2.67. The van der Waals surface area contributed by atoms with Gasteiger partial charge < -0.3 is 10.0 Å². The third kappa shape index (κ3) is 3.77. The van der Waals surface area contributed by atoms with Gasteiger partial charge in [0.2, 0.25) is 0 Å². The van der Waals surface area contributed by atoms with Crippen LogP contribution < -0.4 is 0 Å². The number of aromatic nitrogens is 2. The number of hydrogen-bond acceptors (Lipinski definition) is 4. The molecule has 0 saturated heterocycles. The number of thiophene rings is 1. The summed E-state index contributed by atoms with van der Waals surface area (Å²) in [5.41, 5.74) is 2.00. The van der Waals surface area contributed by atoms with E-state index in [9.17, 15) is 9.59 Å². The Morgan fingerprint density at radius 1 is 1.27 bits per heavy atom. The SMILES string of the molecule is CCCN(CC(=O)O)C(=O)c1cc2c(C)nn(Cc3ccccc3)c2s1. The molecule has 136 valence electrons. The predicted octanol–water partition coefficient (Wildman–Crippen LogP) is 3.39. The van der Waals surface area contributed by atoms with Gasteiger partial charge in [-0.05, 0) is 25.0 Å². The molecule has 26 heavy (non-hydrogen) atoms. The number of nitrogens with zero attached hydrogens (tertiary/aromatic N) is 3. The van der Waals surface area contributed by atoms with Gasteiger partial charge in [0.05, 0.1) is 17.1 Å². The van der Waals surface area contributed by atoms with E-state index >= 15 is 0 Å². The van der Waals surface area contributed by atoms with Crippen molar-refractivity contribution in [2.24, 2.45) is 0 Å². The van der Waals surface area contributed by atoms with Crippen LogP contribution in [0, 0.1) is 6.92 Å². The highest BCUT2D eigenvalue weighted by Crippen LogP contribution is 2.29. The lowest BCUT2D eigenvalue weighted by atomic mass is 10.2. The molecule has 3 aromatic rings. The van der Waals surface area contributed by atoms with Crippen LogP contribution in [0.3, 0.4) is 0 Å². The van der Waals surface area contributed by atoms with E-state index in [4.69, 9.17) is 5.11 Å². The van der Waals surface area contributed by atoms with Crippen LogP contribution in [0.1, 0.15) is 34.3 Å². The van der Waals surface area contributed by atoms with Gasteiger partial charge in [0.1, 0.15) is 11.4 Å². The summed E-state index contributed by atoms with van der Waals surface area (Å²) in [7, 11) is 0. The summed E-state index contributed by atoms with van der Waals surface area (Å²) in [5.74, 6) is -1.24. The quantitative estimate of drug-likeness (QED) is 0.691. The number of carbonyl (C=O) groups is 2. The van der Waals surface area contributed by atoms with Crippen molar-refractivity contribution in [1.29, 1.82) is 0 Å². The minimum atomic E-state index is -1.00. The molecular formula is C19H21N3O3S. The second kappa shape index (κ2) is 7.70. The number of aryl methyl sites for hydroxylation is 1. The highest BCUT2D eigenvalue weighted by Gasteiger charge is 2.22. The number of fused-ring (bicyclic) bond motifs is 1. The normalized spacial score (nSPS) is 11.0. The number of amides is 1. The Morgan fingerprint density at radius 2 is 2.00 bits per heavy atom. The molecule has 0 unspecified atom stereocenters. The van der Waals surface area contributed by atoms with Gasteiger partial charge >= 0.3 is 5.97 Å². The summed E-state index contributed by atoms with van der Waals surface area (Å²) in [4.78, 5) is 26.7. The van der Waals surface area contributed by atoms with Gasteiger partial charge in [0.25, 0.3) is 5.91 Å². The highest BCUT2D eigenvalue weighted by molar-refractivity contribution is 7.20. The van der Waals surface area contributed by atoms with Crippen molar-refractivity contribution in [2.75, 3.05) is 13.1 Å². The van der Waals surface area contributed by atoms with Crippen LogP contribution in [0.2, 0.25) is 0 Å². The summed E-state index contributed by atoms with van der Waals surface area (Å²) in [6.45, 7) is 4.62. The van der Waals surface area contributed by atoms with Crippen molar-refractivity contribution in [3.8, 4) is 0 Å². The Kier molecular flexibility index (Phi) is 5.37. The number of benzene rings is 1. The van der Waals surface area contributed by atoms with E-state index in [1.54, 1.807) is 0 Å². The van der Waals surface area contributed by atoms with Crippen LogP contribution in [0.15, 0.2) is 36.4 Å². The lowest BCUT2D eigenvalue weighted by Gasteiger charge is -2.18. The number of carboxylic acids is 1. The second-order valence-electron chi connectivity index (χ2n) is 6.18. The molecular weight excluding hydrogens is 350 g/mol. The first-order valence-corrected chi connectivity index (χ1v) is 9.33. The minimum Gasteiger partial charge on any atom is -0.480 e. The molecule has 0 atom stereocenters. The summed E-state index contributed by atoms with van der Waals surface area (Å²) in [5, 5.41) is 14.6. The first kappa shape index (κ1) is 18.1. The van der Waals surface area contributed by atoms with Crippen LogP contribution in [0.4, 0.5) is 0 Å². The van der Waals surface area contributed by atoms with Gasteiger partial charge in [-0.15, -0.1) is 11.3 Å². The topological polar surface area (TPSA) is 75.4 Å². The van der Waals surface area contributed by atoms with Crippen molar-refractivity contribution < 1.29 is 14.7 Å². The minimum absolute atomic E-state index is 0.235. The number of carbonyl (C=O) groups excluding carboxylic acids is 1. The Bertz CT molecular complexity index is 930. The number of rotatable bonds is 7. The van der Waals surface area contributed by atoms with Crippen LogP contribution in [-0.2, 0) is 11.3 Å². The molecule has 1 amide bonds. The molecule has 3 rings (SSSR count). The van der Waals surface area contributed by atoms with Crippen LogP contribution in [0.5, 0.6) is 0 Å². The summed E-state index contributed by atoms with van der Waals surface area (Å²) >= 11 is 1.37. The van der Waals surface area contributed by atoms with Crippen molar-refractivity contribution >= 4 is 33.4 Å². The van der Waals surface area contributed by atoms with Gasteiger partial charge in [-0.2, -0.15) is 5.10 Å². The standard InChI is InChI=1S/C19H21N3O3S/c1-3-9-21(12-17(23)24)18(25)16-10-15-13(2)20-22(19(15)26-16)11-14-7-5-4-6-8-14/h4-8,10H,3,9,11-12H2,1-2H3,(H,23,24). The zero-order valence-electron chi connectivity index (χ0n) is 14.8. The zero-order valence-corrected chi connectivity index (χ0v) is 15.6. The Labute approximate surface area is 155 Å².